The van der Waals surface area contributed by atoms with Crippen molar-refractivity contribution >= 4 is 17.3 Å². The molecule has 1 aromatic carbocycles. The third-order valence-corrected chi connectivity index (χ3v) is 4.16. The average Bonchev–Trinajstić information content (AvgIpc) is 3.10. The molecule has 0 radical (unpaired) electrons. The minimum atomic E-state index is -0.461. The van der Waals surface area contributed by atoms with E-state index >= 15 is 0 Å². The number of rotatable bonds is 3. The van der Waals surface area contributed by atoms with Gasteiger partial charge in [0.25, 0.3) is 0 Å². The summed E-state index contributed by atoms with van der Waals surface area (Å²) < 4.78 is 24.2. The van der Waals surface area contributed by atoms with Gasteiger partial charge in [0.2, 0.25) is 0 Å². The smallest absolute Gasteiger partial charge is 0.410 e. The van der Waals surface area contributed by atoms with Crippen molar-refractivity contribution in [1.82, 2.24) is 19.9 Å². The molecular formula is C18H17FN4O3. The van der Waals surface area contributed by atoms with Gasteiger partial charge in [-0.2, -0.15) is 0 Å². The number of ether oxygens (including phenoxy) is 2. The lowest BCUT2D eigenvalue weighted by molar-refractivity contribution is -0.0330. The number of H-pyrrole nitrogens is 1. The molecule has 26 heavy (non-hydrogen) atoms. The summed E-state index contributed by atoms with van der Waals surface area (Å²) in [5.41, 5.74) is 2.03. The molecule has 0 aliphatic carbocycles. The molecule has 7 nitrogen and oxygen atoms in total. The second-order valence-electron chi connectivity index (χ2n) is 5.99. The summed E-state index contributed by atoms with van der Waals surface area (Å²) in [7, 11) is 0. The number of imidazole rings is 1. The number of fused-ring (bicyclic) bond motifs is 1. The number of amides is 1. The van der Waals surface area contributed by atoms with Crippen LogP contribution in [-0.2, 0) is 16.1 Å². The van der Waals surface area contributed by atoms with Gasteiger partial charge in [-0.3, -0.25) is 0 Å². The first kappa shape index (κ1) is 16.5. The maximum absolute atomic E-state index is 13.2. The quantitative estimate of drug-likeness (QED) is 0.780. The Bertz CT molecular complexity index is 896. The van der Waals surface area contributed by atoms with Gasteiger partial charge in [0, 0.05) is 12.7 Å². The van der Waals surface area contributed by atoms with Gasteiger partial charge in [-0.1, -0.05) is 12.1 Å². The highest BCUT2D eigenvalue weighted by atomic mass is 19.1. The molecule has 0 spiro atoms. The van der Waals surface area contributed by atoms with E-state index in [1.54, 1.807) is 23.2 Å². The lowest BCUT2D eigenvalue weighted by Gasteiger charge is -2.31. The number of morpholine rings is 1. The molecule has 1 amide bonds. The highest BCUT2D eigenvalue weighted by Crippen LogP contribution is 2.22. The first-order chi connectivity index (χ1) is 12.7. The van der Waals surface area contributed by atoms with E-state index in [-0.39, 0.29) is 18.5 Å². The molecule has 4 rings (SSSR count). The van der Waals surface area contributed by atoms with Crippen LogP contribution in [0.1, 0.15) is 17.5 Å². The average molecular weight is 356 g/mol. The Kier molecular flexibility index (Phi) is 4.49. The molecule has 1 saturated heterocycles. The van der Waals surface area contributed by atoms with Crippen LogP contribution in [0.3, 0.4) is 0 Å². The fourth-order valence-electron chi connectivity index (χ4n) is 2.86. The molecule has 1 N–H and O–H groups in total. The van der Waals surface area contributed by atoms with E-state index < -0.39 is 6.09 Å². The van der Waals surface area contributed by atoms with E-state index in [2.05, 4.69) is 15.0 Å². The summed E-state index contributed by atoms with van der Waals surface area (Å²) in [6, 6.07) is 9.68. The number of hydrogen-bond donors (Lipinski definition) is 1. The van der Waals surface area contributed by atoms with Crippen LogP contribution in [0.25, 0.3) is 11.2 Å². The van der Waals surface area contributed by atoms with Gasteiger partial charge < -0.3 is 19.4 Å². The Labute approximate surface area is 148 Å². The minimum absolute atomic E-state index is 0.0210. The number of nitrogens with zero attached hydrogens (tertiary/aromatic N) is 3. The third-order valence-electron chi connectivity index (χ3n) is 4.16. The van der Waals surface area contributed by atoms with E-state index in [9.17, 15) is 9.18 Å². The normalized spacial score (nSPS) is 17.4. The Morgan fingerprint density at radius 3 is 3.15 bits per heavy atom. The molecule has 1 aliphatic rings. The van der Waals surface area contributed by atoms with Crippen LogP contribution < -0.4 is 0 Å². The van der Waals surface area contributed by atoms with Crippen molar-refractivity contribution in [2.24, 2.45) is 0 Å². The van der Waals surface area contributed by atoms with Crippen LogP contribution in [0, 0.1) is 5.82 Å². The van der Waals surface area contributed by atoms with E-state index in [0.717, 1.165) is 5.52 Å². The van der Waals surface area contributed by atoms with Crippen LogP contribution in [0.2, 0.25) is 0 Å². The number of carbonyl (C=O) groups excluding carboxylic acids is 1. The van der Waals surface area contributed by atoms with Crippen molar-refractivity contribution in [2.45, 2.75) is 12.7 Å². The number of hydrogen-bond acceptors (Lipinski definition) is 5. The Hall–Kier alpha value is -3.00. The van der Waals surface area contributed by atoms with Crippen LogP contribution in [-0.4, -0.2) is 45.6 Å². The first-order valence-electron chi connectivity index (χ1n) is 8.27. The molecular weight excluding hydrogens is 339 g/mol. The zero-order valence-corrected chi connectivity index (χ0v) is 13.9. The Morgan fingerprint density at radius 2 is 2.31 bits per heavy atom. The topological polar surface area (TPSA) is 80.3 Å². The fourth-order valence-corrected chi connectivity index (χ4v) is 2.86. The van der Waals surface area contributed by atoms with Crippen LogP contribution in [0.5, 0.6) is 0 Å². The van der Waals surface area contributed by atoms with Crippen molar-refractivity contribution < 1.29 is 18.7 Å². The molecule has 134 valence electrons. The highest BCUT2D eigenvalue weighted by Gasteiger charge is 2.28. The molecule has 1 atom stereocenters. The predicted octanol–water partition coefficient (Wildman–Crippen LogP) is 2.81. The zero-order valence-electron chi connectivity index (χ0n) is 13.9. The number of benzene rings is 1. The van der Waals surface area contributed by atoms with Gasteiger partial charge in [0.15, 0.2) is 5.65 Å². The highest BCUT2D eigenvalue weighted by molar-refractivity contribution is 5.70. The number of pyridine rings is 1. The van der Waals surface area contributed by atoms with E-state index in [1.807, 2.05) is 12.1 Å². The molecule has 1 fully saturated rings. The van der Waals surface area contributed by atoms with E-state index in [4.69, 9.17) is 9.47 Å². The molecule has 0 unspecified atom stereocenters. The van der Waals surface area contributed by atoms with Gasteiger partial charge in [-0.05, 0) is 29.8 Å². The Morgan fingerprint density at radius 1 is 1.38 bits per heavy atom. The summed E-state index contributed by atoms with van der Waals surface area (Å²) >= 11 is 0. The van der Waals surface area contributed by atoms with Crippen molar-refractivity contribution in [3.8, 4) is 0 Å². The molecule has 8 heteroatoms. The van der Waals surface area contributed by atoms with Gasteiger partial charge >= 0.3 is 6.09 Å². The summed E-state index contributed by atoms with van der Waals surface area (Å²) in [5.74, 6) is 0.268. The van der Waals surface area contributed by atoms with Crippen LogP contribution in [0.4, 0.5) is 9.18 Å². The lowest BCUT2D eigenvalue weighted by Crippen LogP contribution is -2.42. The second kappa shape index (κ2) is 7.09. The maximum atomic E-state index is 13.2. The first-order valence-corrected chi connectivity index (χ1v) is 8.27. The summed E-state index contributed by atoms with van der Waals surface area (Å²) in [5, 5.41) is 0. The number of carbonyl (C=O) groups is 1. The minimum Gasteiger partial charge on any atom is -0.445 e. The number of aromatic amines is 1. The fraction of sp³-hybridized carbons (Fsp3) is 0.278. The summed E-state index contributed by atoms with van der Waals surface area (Å²) in [6.07, 6.45) is 0.835. The summed E-state index contributed by atoms with van der Waals surface area (Å²) in [6.45, 7) is 1.15. The monoisotopic (exact) mass is 356 g/mol. The molecule has 3 aromatic rings. The van der Waals surface area contributed by atoms with Gasteiger partial charge in [0.05, 0.1) is 18.7 Å². The lowest BCUT2D eigenvalue weighted by atomic mass is 10.2. The van der Waals surface area contributed by atoms with Crippen molar-refractivity contribution in [3.05, 3.63) is 59.8 Å². The molecule has 0 bridgehead atoms. The molecule has 1 aliphatic heterocycles. The largest absolute Gasteiger partial charge is 0.445 e. The standard InChI is InChI=1S/C18H17FN4O3/c19-13-4-1-3-12(9-13)11-26-18(24)23-7-8-25-15(10-23)17-21-14-5-2-6-20-16(14)22-17/h1-6,9,15H,7-8,10-11H2,(H,20,21,22)/t15-/m0/s1. The number of nitrogens with one attached hydrogen (secondary N) is 1. The molecule has 3 heterocycles. The van der Waals surface area contributed by atoms with Crippen LogP contribution in [0.15, 0.2) is 42.6 Å². The van der Waals surface area contributed by atoms with E-state index in [1.165, 1.54) is 12.1 Å². The van der Waals surface area contributed by atoms with E-state index in [0.29, 0.717) is 36.7 Å². The summed E-state index contributed by atoms with van der Waals surface area (Å²) in [4.78, 5) is 25.7. The zero-order chi connectivity index (χ0) is 17.9. The van der Waals surface area contributed by atoms with Crippen molar-refractivity contribution in [3.63, 3.8) is 0 Å². The Balaban J connectivity index is 1.40. The second-order valence-corrected chi connectivity index (χ2v) is 5.99. The van der Waals surface area contributed by atoms with Crippen molar-refractivity contribution in [2.75, 3.05) is 19.7 Å². The van der Waals surface area contributed by atoms with Crippen LogP contribution >= 0.6 is 0 Å². The van der Waals surface area contributed by atoms with Crippen molar-refractivity contribution in [1.29, 1.82) is 0 Å². The van der Waals surface area contributed by atoms with Gasteiger partial charge in [-0.25, -0.2) is 19.2 Å². The molecule has 0 saturated carbocycles. The predicted molar refractivity (Wildman–Crippen MR) is 90.7 cm³/mol. The van der Waals surface area contributed by atoms with Gasteiger partial charge in [-0.15, -0.1) is 0 Å². The molecule has 2 aromatic heterocycles. The SMILES string of the molecule is O=C(OCc1cccc(F)c1)N1CCO[C@H](c2nc3ncccc3[nH]2)C1. The van der Waals surface area contributed by atoms with Gasteiger partial charge in [0.1, 0.15) is 24.4 Å². The number of halogens is 1. The third kappa shape index (κ3) is 3.50. The maximum Gasteiger partial charge on any atom is 0.410 e. The number of aromatic nitrogens is 3.